The number of pyridine rings is 1. The molecule has 0 amide bonds. The van der Waals surface area contributed by atoms with Crippen molar-refractivity contribution in [3.63, 3.8) is 0 Å². The van der Waals surface area contributed by atoms with Crippen LogP contribution in [-0.4, -0.2) is 29.8 Å². The van der Waals surface area contributed by atoms with Crippen LogP contribution in [0.2, 0.25) is 0 Å². The fourth-order valence-electron chi connectivity index (χ4n) is 2.78. The fraction of sp³-hybridized carbons (Fsp3) is 0.667. The summed E-state index contributed by atoms with van der Waals surface area (Å²) in [6.07, 6.45) is 8.30. The summed E-state index contributed by atoms with van der Waals surface area (Å²) in [5.41, 5.74) is 1.19. The second-order valence-corrected chi connectivity index (χ2v) is 6.36. The molecule has 0 saturated carbocycles. The molecule has 2 heterocycles. The Kier molecular flexibility index (Phi) is 5.37. The third-order valence-corrected chi connectivity index (χ3v) is 4.32. The summed E-state index contributed by atoms with van der Waals surface area (Å²) < 4.78 is 7.12. The van der Waals surface area contributed by atoms with E-state index in [-0.39, 0.29) is 5.60 Å². The van der Waals surface area contributed by atoms with E-state index in [1.807, 2.05) is 12.4 Å². The van der Waals surface area contributed by atoms with Crippen LogP contribution in [0, 0.1) is 0 Å². The summed E-state index contributed by atoms with van der Waals surface area (Å²) in [5, 5.41) is 3.59. The number of aromatic nitrogens is 1. The monoisotopic (exact) mass is 326 g/mol. The first-order chi connectivity index (χ1) is 9.14. The minimum Gasteiger partial charge on any atom is -0.374 e. The van der Waals surface area contributed by atoms with Gasteiger partial charge in [-0.1, -0.05) is 6.92 Å². The van der Waals surface area contributed by atoms with Crippen LogP contribution < -0.4 is 5.32 Å². The van der Waals surface area contributed by atoms with Gasteiger partial charge < -0.3 is 10.1 Å². The number of halogens is 1. The van der Waals surface area contributed by atoms with E-state index >= 15 is 0 Å². The predicted molar refractivity (Wildman–Crippen MR) is 81.3 cm³/mol. The molecule has 1 aliphatic heterocycles. The highest BCUT2D eigenvalue weighted by atomic mass is 79.9. The smallest absolute Gasteiger partial charge is 0.0810 e. The van der Waals surface area contributed by atoms with E-state index in [4.69, 9.17) is 4.74 Å². The normalized spacial score (nSPS) is 25.2. The van der Waals surface area contributed by atoms with Gasteiger partial charge in [-0.05, 0) is 66.7 Å². The van der Waals surface area contributed by atoms with Gasteiger partial charge in [-0.3, -0.25) is 4.98 Å². The van der Waals surface area contributed by atoms with E-state index < -0.39 is 0 Å². The maximum absolute atomic E-state index is 6.09. The largest absolute Gasteiger partial charge is 0.374 e. The summed E-state index contributed by atoms with van der Waals surface area (Å²) in [4.78, 5) is 4.25. The Morgan fingerprint density at radius 2 is 2.32 bits per heavy atom. The first kappa shape index (κ1) is 14.9. The van der Waals surface area contributed by atoms with Crippen LogP contribution in [0.3, 0.4) is 0 Å². The quantitative estimate of drug-likeness (QED) is 0.901. The van der Waals surface area contributed by atoms with Gasteiger partial charge in [-0.25, -0.2) is 0 Å². The maximum atomic E-state index is 6.09. The molecule has 1 aliphatic rings. The van der Waals surface area contributed by atoms with Crippen molar-refractivity contribution < 1.29 is 4.74 Å². The van der Waals surface area contributed by atoms with E-state index in [9.17, 15) is 0 Å². The number of likely N-dealkylation sites (N-methyl/N-ethyl adjacent to an activating group) is 1. The molecular weight excluding hydrogens is 304 g/mol. The highest BCUT2D eigenvalue weighted by Gasteiger charge is 2.36. The zero-order valence-electron chi connectivity index (χ0n) is 11.8. The Hall–Kier alpha value is -0.450. The Labute approximate surface area is 124 Å². The standard InChI is InChI=1S/C15H23BrN2O/c1-3-18-14(15(2)6-4-5-7-19-15)9-12-8-13(16)11-17-10-12/h8,10-11,14,18H,3-7,9H2,1-2H3. The number of nitrogens with zero attached hydrogens (tertiary/aromatic N) is 1. The van der Waals surface area contributed by atoms with E-state index in [1.165, 1.54) is 18.4 Å². The molecule has 3 nitrogen and oxygen atoms in total. The van der Waals surface area contributed by atoms with Gasteiger partial charge in [0.25, 0.3) is 0 Å². The first-order valence-corrected chi connectivity index (χ1v) is 7.90. The van der Waals surface area contributed by atoms with Crippen LogP contribution in [0.25, 0.3) is 0 Å². The Morgan fingerprint density at radius 1 is 1.47 bits per heavy atom. The molecule has 4 heteroatoms. The van der Waals surface area contributed by atoms with Crippen molar-refractivity contribution >= 4 is 15.9 Å². The lowest BCUT2D eigenvalue weighted by Crippen LogP contribution is -2.53. The van der Waals surface area contributed by atoms with Crippen LogP contribution in [0.15, 0.2) is 22.9 Å². The summed E-state index contributed by atoms with van der Waals surface area (Å²) in [7, 11) is 0. The van der Waals surface area contributed by atoms with Crippen LogP contribution in [0.4, 0.5) is 0 Å². The van der Waals surface area contributed by atoms with Gasteiger partial charge in [-0.2, -0.15) is 0 Å². The van der Waals surface area contributed by atoms with Gasteiger partial charge in [0.05, 0.1) is 5.60 Å². The molecule has 0 aromatic carbocycles. The molecular formula is C15H23BrN2O. The summed E-state index contributed by atoms with van der Waals surface area (Å²) >= 11 is 3.49. The second-order valence-electron chi connectivity index (χ2n) is 5.44. The van der Waals surface area contributed by atoms with Crippen molar-refractivity contribution in [3.05, 3.63) is 28.5 Å². The number of nitrogens with one attached hydrogen (secondary N) is 1. The first-order valence-electron chi connectivity index (χ1n) is 7.11. The third kappa shape index (κ3) is 4.01. The lowest BCUT2D eigenvalue weighted by atomic mass is 9.85. The lowest BCUT2D eigenvalue weighted by molar-refractivity contribution is -0.0881. The molecule has 2 unspecified atom stereocenters. The molecule has 1 fully saturated rings. The predicted octanol–water partition coefficient (Wildman–Crippen LogP) is 3.32. The van der Waals surface area contributed by atoms with E-state index in [0.29, 0.717) is 6.04 Å². The molecule has 2 atom stereocenters. The molecule has 1 N–H and O–H groups in total. The Morgan fingerprint density at radius 3 is 2.95 bits per heavy atom. The van der Waals surface area contributed by atoms with Crippen molar-refractivity contribution in [2.24, 2.45) is 0 Å². The van der Waals surface area contributed by atoms with Gasteiger partial charge in [0.2, 0.25) is 0 Å². The molecule has 1 aromatic rings. The molecule has 1 saturated heterocycles. The third-order valence-electron chi connectivity index (χ3n) is 3.89. The molecule has 0 aliphatic carbocycles. The van der Waals surface area contributed by atoms with Gasteiger partial charge in [-0.15, -0.1) is 0 Å². The average molecular weight is 327 g/mol. The van der Waals surface area contributed by atoms with Crippen LogP contribution in [0.1, 0.15) is 38.7 Å². The van der Waals surface area contributed by atoms with Crippen LogP contribution in [-0.2, 0) is 11.2 Å². The number of rotatable bonds is 5. The van der Waals surface area contributed by atoms with Crippen molar-refractivity contribution in [2.45, 2.75) is 51.2 Å². The SMILES string of the molecule is CCNC(Cc1cncc(Br)c1)C1(C)CCCCO1. The minimum atomic E-state index is -0.0590. The number of hydrogen-bond donors (Lipinski definition) is 1. The highest BCUT2D eigenvalue weighted by molar-refractivity contribution is 9.10. The van der Waals surface area contributed by atoms with E-state index in [2.05, 4.69) is 46.1 Å². The average Bonchev–Trinajstić information content (AvgIpc) is 2.39. The summed E-state index contributed by atoms with van der Waals surface area (Å²) in [6.45, 7) is 6.24. The molecule has 1 aromatic heterocycles. The minimum absolute atomic E-state index is 0.0590. The zero-order valence-corrected chi connectivity index (χ0v) is 13.4. The summed E-state index contributed by atoms with van der Waals surface area (Å²) in [5.74, 6) is 0. The molecule has 19 heavy (non-hydrogen) atoms. The maximum Gasteiger partial charge on any atom is 0.0810 e. The molecule has 0 bridgehead atoms. The number of ether oxygens (including phenoxy) is 1. The topological polar surface area (TPSA) is 34.2 Å². The van der Waals surface area contributed by atoms with Gasteiger partial charge in [0.1, 0.15) is 0 Å². The molecule has 106 valence electrons. The van der Waals surface area contributed by atoms with Crippen LogP contribution >= 0.6 is 15.9 Å². The highest BCUT2D eigenvalue weighted by Crippen LogP contribution is 2.29. The van der Waals surface area contributed by atoms with Crippen molar-refractivity contribution in [2.75, 3.05) is 13.2 Å². The molecule has 2 rings (SSSR count). The molecule has 0 spiro atoms. The lowest BCUT2D eigenvalue weighted by Gasteiger charge is -2.41. The van der Waals surface area contributed by atoms with Gasteiger partial charge >= 0.3 is 0 Å². The van der Waals surface area contributed by atoms with Crippen molar-refractivity contribution in [1.29, 1.82) is 0 Å². The van der Waals surface area contributed by atoms with Crippen LogP contribution in [0.5, 0.6) is 0 Å². The van der Waals surface area contributed by atoms with Crippen molar-refractivity contribution in [1.82, 2.24) is 10.3 Å². The van der Waals surface area contributed by atoms with Gasteiger partial charge in [0.15, 0.2) is 0 Å². The fourth-order valence-corrected chi connectivity index (χ4v) is 3.20. The zero-order chi connectivity index (χ0) is 13.7. The Balaban J connectivity index is 2.11. The summed E-state index contributed by atoms with van der Waals surface area (Å²) in [6, 6.07) is 2.48. The van der Waals surface area contributed by atoms with E-state index in [1.54, 1.807) is 0 Å². The Bertz CT molecular complexity index is 405. The number of hydrogen-bond acceptors (Lipinski definition) is 3. The second kappa shape index (κ2) is 6.82. The van der Waals surface area contributed by atoms with Crippen molar-refractivity contribution in [3.8, 4) is 0 Å². The van der Waals surface area contributed by atoms with Gasteiger partial charge in [0, 0.05) is 29.5 Å². The molecule has 0 radical (unpaired) electrons. The van der Waals surface area contributed by atoms with E-state index in [0.717, 1.165) is 30.5 Å².